The third kappa shape index (κ3) is 2.75. The average Bonchev–Trinajstić information content (AvgIpc) is 2.92. The smallest absolute Gasteiger partial charge is 0.161 e. The van der Waals surface area contributed by atoms with Crippen LogP contribution in [0.2, 0.25) is 0 Å². The lowest BCUT2D eigenvalue weighted by molar-refractivity contribution is 0.126. The first kappa shape index (κ1) is 15.4. The summed E-state index contributed by atoms with van der Waals surface area (Å²) in [5.74, 6) is -1.90. The van der Waals surface area contributed by atoms with Crippen molar-refractivity contribution < 1.29 is 22.6 Å². The van der Waals surface area contributed by atoms with Crippen LogP contribution in [0.5, 0.6) is 5.75 Å². The zero-order valence-corrected chi connectivity index (χ0v) is 12.4. The summed E-state index contributed by atoms with van der Waals surface area (Å²) in [6.45, 7) is 0. The minimum Gasteiger partial charge on any atom is -0.497 e. The van der Waals surface area contributed by atoms with Gasteiger partial charge in [-0.1, -0.05) is 0 Å². The Morgan fingerprint density at radius 1 is 1.00 bits per heavy atom. The van der Waals surface area contributed by atoms with Gasteiger partial charge in [-0.3, -0.25) is 0 Å². The number of hydrogen-bond acceptors (Lipinski definition) is 3. The SMILES string of the molecule is COc1ccc(C(OC)c2nc3cc(F)c(F)cc3[nH]2)c(F)c1. The Morgan fingerprint density at radius 3 is 2.39 bits per heavy atom. The van der Waals surface area contributed by atoms with Crippen molar-refractivity contribution in [3.05, 3.63) is 59.2 Å². The molecular weight excluding hydrogens is 309 g/mol. The van der Waals surface area contributed by atoms with Gasteiger partial charge in [-0.2, -0.15) is 0 Å². The predicted octanol–water partition coefficient (Wildman–Crippen LogP) is 3.72. The molecule has 1 heterocycles. The highest BCUT2D eigenvalue weighted by Crippen LogP contribution is 2.29. The Balaban J connectivity index is 2.07. The molecule has 23 heavy (non-hydrogen) atoms. The molecule has 0 aliphatic carbocycles. The van der Waals surface area contributed by atoms with E-state index in [0.717, 1.165) is 12.1 Å². The van der Waals surface area contributed by atoms with Crippen LogP contribution in [-0.4, -0.2) is 24.2 Å². The van der Waals surface area contributed by atoms with Crippen LogP contribution in [-0.2, 0) is 4.74 Å². The molecule has 7 heteroatoms. The summed E-state index contributed by atoms with van der Waals surface area (Å²) in [5.41, 5.74) is 0.762. The summed E-state index contributed by atoms with van der Waals surface area (Å²) in [5, 5.41) is 0. The molecule has 1 unspecified atom stereocenters. The fraction of sp³-hybridized carbons (Fsp3) is 0.188. The number of methoxy groups -OCH3 is 2. The van der Waals surface area contributed by atoms with Crippen molar-refractivity contribution in [3.8, 4) is 5.75 Å². The number of ether oxygens (including phenoxy) is 2. The second-order valence-corrected chi connectivity index (χ2v) is 4.91. The van der Waals surface area contributed by atoms with E-state index in [0.29, 0.717) is 11.3 Å². The van der Waals surface area contributed by atoms with Gasteiger partial charge in [0.15, 0.2) is 11.6 Å². The molecule has 0 bridgehead atoms. The van der Waals surface area contributed by atoms with E-state index in [1.807, 2.05) is 0 Å². The number of aromatic nitrogens is 2. The Labute approximate surface area is 129 Å². The molecule has 120 valence electrons. The van der Waals surface area contributed by atoms with E-state index in [1.54, 1.807) is 6.07 Å². The molecule has 1 aromatic heterocycles. The maximum absolute atomic E-state index is 14.2. The van der Waals surface area contributed by atoms with E-state index in [1.165, 1.54) is 26.4 Å². The first-order chi connectivity index (χ1) is 11.0. The van der Waals surface area contributed by atoms with E-state index in [-0.39, 0.29) is 16.9 Å². The summed E-state index contributed by atoms with van der Waals surface area (Å²) in [7, 11) is 2.83. The zero-order chi connectivity index (χ0) is 16.6. The van der Waals surface area contributed by atoms with Crippen molar-refractivity contribution in [1.82, 2.24) is 9.97 Å². The Hall–Kier alpha value is -2.54. The lowest BCUT2D eigenvalue weighted by Gasteiger charge is -2.14. The molecule has 0 spiro atoms. The van der Waals surface area contributed by atoms with Gasteiger partial charge in [-0.05, 0) is 12.1 Å². The van der Waals surface area contributed by atoms with Crippen LogP contribution in [0.3, 0.4) is 0 Å². The summed E-state index contributed by atoms with van der Waals surface area (Å²) in [4.78, 5) is 6.99. The van der Waals surface area contributed by atoms with Gasteiger partial charge in [0.2, 0.25) is 0 Å². The molecule has 3 aromatic rings. The van der Waals surface area contributed by atoms with Crippen molar-refractivity contribution in [2.75, 3.05) is 14.2 Å². The molecule has 0 aliphatic heterocycles. The molecule has 0 radical (unpaired) electrons. The number of hydrogen-bond donors (Lipinski definition) is 1. The zero-order valence-electron chi connectivity index (χ0n) is 12.4. The van der Waals surface area contributed by atoms with Crippen molar-refractivity contribution in [2.24, 2.45) is 0 Å². The number of fused-ring (bicyclic) bond motifs is 1. The maximum Gasteiger partial charge on any atom is 0.161 e. The Morgan fingerprint density at radius 2 is 1.74 bits per heavy atom. The topological polar surface area (TPSA) is 47.1 Å². The van der Waals surface area contributed by atoms with Crippen molar-refractivity contribution in [3.63, 3.8) is 0 Å². The third-order valence-electron chi connectivity index (χ3n) is 3.52. The number of rotatable bonds is 4. The molecule has 4 nitrogen and oxygen atoms in total. The van der Waals surface area contributed by atoms with Gasteiger partial charge in [-0.15, -0.1) is 0 Å². The first-order valence-corrected chi connectivity index (χ1v) is 6.74. The quantitative estimate of drug-likeness (QED) is 0.796. The van der Waals surface area contributed by atoms with E-state index in [4.69, 9.17) is 9.47 Å². The molecular formula is C16H13F3N2O2. The van der Waals surface area contributed by atoms with Crippen LogP contribution in [0.15, 0.2) is 30.3 Å². The van der Waals surface area contributed by atoms with E-state index in [9.17, 15) is 13.2 Å². The van der Waals surface area contributed by atoms with Crippen LogP contribution < -0.4 is 4.74 Å². The summed E-state index contributed by atoms with van der Waals surface area (Å²) < 4.78 is 51.0. The van der Waals surface area contributed by atoms with Gasteiger partial charge >= 0.3 is 0 Å². The van der Waals surface area contributed by atoms with E-state index in [2.05, 4.69) is 9.97 Å². The van der Waals surface area contributed by atoms with Crippen LogP contribution >= 0.6 is 0 Å². The second-order valence-electron chi connectivity index (χ2n) is 4.91. The number of nitrogens with zero attached hydrogens (tertiary/aromatic N) is 1. The number of benzene rings is 2. The van der Waals surface area contributed by atoms with Crippen LogP contribution in [0.25, 0.3) is 11.0 Å². The highest BCUT2D eigenvalue weighted by molar-refractivity contribution is 5.75. The van der Waals surface area contributed by atoms with Crippen LogP contribution in [0, 0.1) is 17.5 Å². The molecule has 0 fully saturated rings. The highest BCUT2D eigenvalue weighted by atomic mass is 19.2. The minimum absolute atomic E-state index is 0.230. The van der Waals surface area contributed by atoms with Gasteiger partial charge in [-0.25, -0.2) is 18.2 Å². The van der Waals surface area contributed by atoms with Gasteiger partial charge in [0, 0.05) is 30.9 Å². The van der Waals surface area contributed by atoms with Crippen LogP contribution in [0.1, 0.15) is 17.5 Å². The summed E-state index contributed by atoms with van der Waals surface area (Å²) >= 11 is 0. The lowest BCUT2D eigenvalue weighted by Crippen LogP contribution is -2.08. The fourth-order valence-electron chi connectivity index (χ4n) is 2.38. The van der Waals surface area contributed by atoms with Gasteiger partial charge in [0.05, 0.1) is 18.1 Å². The number of aromatic amines is 1. The second kappa shape index (κ2) is 5.92. The minimum atomic E-state index is -1.000. The van der Waals surface area contributed by atoms with Gasteiger partial charge in [0.25, 0.3) is 0 Å². The number of nitrogens with one attached hydrogen (secondary N) is 1. The number of halogens is 3. The van der Waals surface area contributed by atoms with E-state index >= 15 is 0 Å². The van der Waals surface area contributed by atoms with Crippen LogP contribution in [0.4, 0.5) is 13.2 Å². The fourth-order valence-corrected chi connectivity index (χ4v) is 2.38. The van der Waals surface area contributed by atoms with Crippen molar-refractivity contribution in [2.45, 2.75) is 6.10 Å². The molecule has 1 N–H and O–H groups in total. The first-order valence-electron chi connectivity index (χ1n) is 6.74. The molecule has 0 saturated heterocycles. The average molecular weight is 322 g/mol. The molecule has 0 aliphatic rings. The van der Waals surface area contributed by atoms with Gasteiger partial charge in [0.1, 0.15) is 23.5 Å². The molecule has 2 aromatic carbocycles. The predicted molar refractivity (Wildman–Crippen MR) is 77.8 cm³/mol. The number of imidazole rings is 1. The lowest BCUT2D eigenvalue weighted by atomic mass is 10.1. The van der Waals surface area contributed by atoms with Gasteiger partial charge < -0.3 is 14.5 Å². The normalized spacial score (nSPS) is 12.6. The standard InChI is InChI=1S/C16H13F3N2O2/c1-22-8-3-4-9(10(17)5-8)15(23-2)16-20-13-6-11(18)12(19)7-14(13)21-16/h3-7,15H,1-2H3,(H,20,21). The van der Waals surface area contributed by atoms with Crippen molar-refractivity contribution in [1.29, 1.82) is 0 Å². The maximum atomic E-state index is 14.2. The Bertz CT molecular complexity index is 825. The van der Waals surface area contributed by atoms with Crippen molar-refractivity contribution >= 4 is 11.0 Å². The highest BCUT2D eigenvalue weighted by Gasteiger charge is 2.22. The third-order valence-corrected chi connectivity index (χ3v) is 3.52. The molecule has 1 atom stereocenters. The number of H-pyrrole nitrogens is 1. The Kier molecular flexibility index (Phi) is 3.96. The van der Waals surface area contributed by atoms with E-state index < -0.39 is 23.6 Å². The largest absolute Gasteiger partial charge is 0.497 e. The molecule has 3 rings (SSSR count). The molecule has 0 saturated carbocycles. The summed E-state index contributed by atoms with van der Waals surface area (Å²) in [6, 6.07) is 6.30. The monoisotopic (exact) mass is 322 g/mol. The molecule has 0 amide bonds. The summed E-state index contributed by atoms with van der Waals surface area (Å²) in [6.07, 6.45) is -0.848.